The standard InChI is InChI=1S/C22H25N3O2/c26-19(24-15-17-9-13-23-14-10-17)16-25-20(18-7-3-1-4-8-18)22(21(25)27)11-5-2-6-12-22/h1,3-4,7-10,13-14,20H,2,5-6,11-12,15-16H2,(H,24,26). The Balaban J connectivity index is 1.47. The maximum atomic E-state index is 13.1. The molecule has 1 aromatic heterocycles. The Morgan fingerprint density at radius 3 is 2.48 bits per heavy atom. The highest BCUT2D eigenvalue weighted by Gasteiger charge is 2.60. The van der Waals surface area contributed by atoms with Gasteiger partial charge in [-0.3, -0.25) is 14.6 Å². The number of hydrogen-bond donors (Lipinski definition) is 1. The fourth-order valence-electron chi connectivity index (χ4n) is 4.63. The van der Waals surface area contributed by atoms with E-state index in [0.717, 1.165) is 36.8 Å². The summed E-state index contributed by atoms with van der Waals surface area (Å²) in [4.78, 5) is 31.3. The van der Waals surface area contributed by atoms with E-state index in [9.17, 15) is 9.59 Å². The van der Waals surface area contributed by atoms with Gasteiger partial charge in [-0.05, 0) is 36.1 Å². The van der Waals surface area contributed by atoms with E-state index < -0.39 is 0 Å². The van der Waals surface area contributed by atoms with E-state index in [4.69, 9.17) is 0 Å². The van der Waals surface area contributed by atoms with Crippen molar-refractivity contribution in [2.45, 2.75) is 44.7 Å². The molecule has 140 valence electrons. The minimum atomic E-state index is -0.301. The van der Waals surface area contributed by atoms with Crippen LogP contribution in [0.15, 0.2) is 54.9 Å². The molecule has 5 heteroatoms. The molecule has 1 atom stereocenters. The fraction of sp³-hybridized carbons (Fsp3) is 0.409. The summed E-state index contributed by atoms with van der Waals surface area (Å²) in [6.45, 7) is 0.565. The van der Waals surface area contributed by atoms with Crippen LogP contribution < -0.4 is 5.32 Å². The lowest BCUT2D eigenvalue weighted by molar-refractivity contribution is -0.180. The monoisotopic (exact) mass is 363 g/mol. The van der Waals surface area contributed by atoms with Gasteiger partial charge in [0.05, 0.1) is 11.5 Å². The molecule has 2 amide bonds. The quantitative estimate of drug-likeness (QED) is 0.830. The van der Waals surface area contributed by atoms with E-state index >= 15 is 0 Å². The minimum Gasteiger partial charge on any atom is -0.350 e. The van der Waals surface area contributed by atoms with Crippen LogP contribution in [0.5, 0.6) is 0 Å². The Kier molecular flexibility index (Phi) is 4.92. The molecular weight excluding hydrogens is 338 g/mol. The van der Waals surface area contributed by atoms with E-state index in [-0.39, 0.29) is 29.8 Å². The molecule has 2 aliphatic rings. The zero-order chi connectivity index (χ0) is 18.7. The maximum Gasteiger partial charge on any atom is 0.239 e. The lowest BCUT2D eigenvalue weighted by atomic mass is 9.60. The summed E-state index contributed by atoms with van der Waals surface area (Å²) >= 11 is 0. The molecule has 1 N–H and O–H groups in total. The third-order valence-electron chi connectivity index (χ3n) is 5.94. The molecule has 1 aromatic carbocycles. The van der Waals surface area contributed by atoms with Crippen molar-refractivity contribution in [2.75, 3.05) is 6.54 Å². The summed E-state index contributed by atoms with van der Waals surface area (Å²) in [7, 11) is 0. The average Bonchev–Trinajstić information content (AvgIpc) is 2.74. The number of β-lactam (4-membered cyclic amide) rings is 1. The lowest BCUT2D eigenvalue weighted by Gasteiger charge is -2.58. The van der Waals surface area contributed by atoms with Crippen molar-refractivity contribution in [1.82, 2.24) is 15.2 Å². The minimum absolute atomic E-state index is 0.0122. The molecule has 27 heavy (non-hydrogen) atoms. The van der Waals surface area contributed by atoms with Crippen molar-refractivity contribution in [3.63, 3.8) is 0 Å². The van der Waals surface area contributed by atoms with Gasteiger partial charge >= 0.3 is 0 Å². The number of carbonyl (C=O) groups is 2. The largest absolute Gasteiger partial charge is 0.350 e. The zero-order valence-corrected chi connectivity index (χ0v) is 15.4. The number of carbonyl (C=O) groups excluding carboxylic acids is 2. The second-order valence-electron chi connectivity index (χ2n) is 7.60. The Bertz CT molecular complexity index is 801. The second kappa shape index (κ2) is 7.51. The zero-order valence-electron chi connectivity index (χ0n) is 15.4. The number of hydrogen-bond acceptors (Lipinski definition) is 3. The van der Waals surface area contributed by atoms with Crippen molar-refractivity contribution in [2.24, 2.45) is 5.41 Å². The van der Waals surface area contributed by atoms with E-state index in [2.05, 4.69) is 22.4 Å². The van der Waals surface area contributed by atoms with Gasteiger partial charge < -0.3 is 10.2 Å². The molecule has 1 aliphatic carbocycles. The van der Waals surface area contributed by atoms with Gasteiger partial charge in [-0.25, -0.2) is 0 Å². The number of likely N-dealkylation sites (tertiary alicyclic amines) is 1. The van der Waals surface area contributed by atoms with Gasteiger partial charge in [0.1, 0.15) is 6.54 Å². The molecule has 5 nitrogen and oxygen atoms in total. The van der Waals surface area contributed by atoms with Crippen LogP contribution in [0.4, 0.5) is 0 Å². The van der Waals surface area contributed by atoms with Gasteiger partial charge in [0.2, 0.25) is 11.8 Å². The van der Waals surface area contributed by atoms with Crippen molar-refractivity contribution < 1.29 is 9.59 Å². The van der Waals surface area contributed by atoms with E-state index in [1.54, 1.807) is 17.3 Å². The molecule has 0 radical (unpaired) electrons. The van der Waals surface area contributed by atoms with Crippen LogP contribution in [0.1, 0.15) is 49.3 Å². The molecule has 2 fully saturated rings. The first-order chi connectivity index (χ1) is 13.2. The summed E-state index contributed by atoms with van der Waals surface area (Å²) < 4.78 is 0. The molecule has 0 bridgehead atoms. The van der Waals surface area contributed by atoms with Gasteiger partial charge in [-0.1, -0.05) is 49.6 Å². The van der Waals surface area contributed by atoms with Crippen LogP contribution in [0, 0.1) is 5.41 Å². The predicted molar refractivity (Wildman–Crippen MR) is 102 cm³/mol. The van der Waals surface area contributed by atoms with Crippen LogP contribution in [-0.2, 0) is 16.1 Å². The van der Waals surface area contributed by atoms with Crippen molar-refractivity contribution in [3.8, 4) is 0 Å². The molecular formula is C22H25N3O2. The van der Waals surface area contributed by atoms with Crippen molar-refractivity contribution in [1.29, 1.82) is 0 Å². The van der Waals surface area contributed by atoms with E-state index in [1.807, 2.05) is 30.3 Å². The molecule has 1 aliphatic heterocycles. The van der Waals surface area contributed by atoms with Crippen LogP contribution >= 0.6 is 0 Å². The van der Waals surface area contributed by atoms with Crippen LogP contribution in [-0.4, -0.2) is 28.2 Å². The number of nitrogens with zero attached hydrogens (tertiary/aromatic N) is 2. The Hall–Kier alpha value is -2.69. The van der Waals surface area contributed by atoms with Crippen molar-refractivity contribution >= 4 is 11.8 Å². The van der Waals surface area contributed by atoms with Gasteiger partial charge in [0.25, 0.3) is 0 Å². The van der Waals surface area contributed by atoms with Gasteiger partial charge in [0.15, 0.2) is 0 Å². The Morgan fingerprint density at radius 1 is 1.07 bits per heavy atom. The van der Waals surface area contributed by atoms with Gasteiger partial charge in [0, 0.05) is 18.9 Å². The summed E-state index contributed by atoms with van der Waals surface area (Å²) in [5, 5.41) is 2.92. The summed E-state index contributed by atoms with van der Waals surface area (Å²) in [6.07, 6.45) is 8.66. The van der Waals surface area contributed by atoms with Crippen molar-refractivity contribution in [3.05, 3.63) is 66.0 Å². The normalized spacial score (nSPS) is 21.0. The highest BCUT2D eigenvalue weighted by molar-refractivity contribution is 5.94. The van der Waals surface area contributed by atoms with E-state index in [1.165, 1.54) is 6.42 Å². The van der Waals surface area contributed by atoms with Gasteiger partial charge in [-0.2, -0.15) is 0 Å². The first-order valence-corrected chi connectivity index (χ1v) is 9.72. The summed E-state index contributed by atoms with van der Waals surface area (Å²) in [5.74, 6) is 0.0295. The number of aromatic nitrogens is 1. The Labute approximate surface area is 159 Å². The number of amides is 2. The summed E-state index contributed by atoms with van der Waals surface area (Å²) in [6, 6.07) is 13.9. The number of rotatable bonds is 5. The Morgan fingerprint density at radius 2 is 1.78 bits per heavy atom. The second-order valence-corrected chi connectivity index (χ2v) is 7.60. The molecule has 1 spiro atoms. The smallest absolute Gasteiger partial charge is 0.239 e. The first-order valence-electron chi connectivity index (χ1n) is 9.72. The molecule has 2 aromatic rings. The number of pyridine rings is 1. The van der Waals surface area contributed by atoms with Crippen LogP contribution in [0.25, 0.3) is 0 Å². The van der Waals surface area contributed by atoms with Gasteiger partial charge in [-0.15, -0.1) is 0 Å². The first kappa shape index (κ1) is 17.7. The molecule has 1 saturated carbocycles. The number of benzene rings is 1. The fourth-order valence-corrected chi connectivity index (χ4v) is 4.63. The maximum absolute atomic E-state index is 13.1. The summed E-state index contributed by atoms with van der Waals surface area (Å²) in [5.41, 5.74) is 1.84. The molecule has 1 saturated heterocycles. The van der Waals surface area contributed by atoms with Crippen LogP contribution in [0.2, 0.25) is 0 Å². The number of nitrogens with one attached hydrogen (secondary N) is 1. The topological polar surface area (TPSA) is 62.3 Å². The van der Waals surface area contributed by atoms with Crippen LogP contribution in [0.3, 0.4) is 0 Å². The average molecular weight is 363 g/mol. The third kappa shape index (κ3) is 3.34. The lowest BCUT2D eigenvalue weighted by Crippen LogP contribution is -2.65. The highest BCUT2D eigenvalue weighted by Crippen LogP contribution is 2.57. The molecule has 1 unspecified atom stereocenters. The third-order valence-corrected chi connectivity index (χ3v) is 5.94. The highest BCUT2D eigenvalue weighted by atomic mass is 16.2. The predicted octanol–water partition coefficient (Wildman–Crippen LogP) is 3.23. The SMILES string of the molecule is O=C(CN1C(=O)C2(CCCCC2)C1c1ccccc1)NCc1ccncc1. The molecule has 2 heterocycles. The molecule has 4 rings (SSSR count). The van der Waals surface area contributed by atoms with E-state index in [0.29, 0.717) is 6.54 Å².